The Kier molecular flexibility index (Phi) is 9.49. The molecule has 7 nitrogen and oxygen atoms in total. The van der Waals surface area contributed by atoms with Crippen molar-refractivity contribution in [3.05, 3.63) is 79.2 Å². The summed E-state index contributed by atoms with van der Waals surface area (Å²) in [5.41, 5.74) is 0.945. The summed E-state index contributed by atoms with van der Waals surface area (Å²) < 4.78 is 41.7. The molecule has 0 aliphatic heterocycles. The molecule has 0 radical (unpaired) electrons. The molecule has 2 aromatic carbocycles. The fourth-order valence-corrected chi connectivity index (χ4v) is 6.10. The van der Waals surface area contributed by atoms with E-state index in [2.05, 4.69) is 36.9 Å². The molecule has 192 valence electrons. The lowest BCUT2D eigenvalue weighted by Gasteiger charge is -2.25. The second-order valence-corrected chi connectivity index (χ2v) is 11.0. The van der Waals surface area contributed by atoms with E-state index in [-0.39, 0.29) is 29.7 Å². The van der Waals surface area contributed by atoms with Gasteiger partial charge in [0.05, 0.1) is 15.1 Å². The van der Waals surface area contributed by atoms with Gasteiger partial charge in [-0.2, -0.15) is 4.31 Å². The molecule has 0 unspecified atom stereocenters. The highest BCUT2D eigenvalue weighted by molar-refractivity contribution is 7.89. The van der Waals surface area contributed by atoms with Crippen molar-refractivity contribution in [1.29, 1.82) is 0 Å². The third kappa shape index (κ3) is 6.25. The van der Waals surface area contributed by atoms with Crippen LogP contribution >= 0.6 is 11.3 Å². The Morgan fingerprint density at radius 2 is 1.67 bits per heavy atom. The maximum absolute atomic E-state index is 13.7. The minimum absolute atomic E-state index is 0.0768. The maximum atomic E-state index is 13.7. The zero-order valence-corrected chi connectivity index (χ0v) is 22.2. The van der Waals surface area contributed by atoms with E-state index in [1.54, 1.807) is 11.0 Å². The first kappa shape index (κ1) is 27.7. The van der Waals surface area contributed by atoms with E-state index in [0.717, 1.165) is 13.1 Å². The summed E-state index contributed by atoms with van der Waals surface area (Å²) in [4.78, 5) is 22.0. The van der Waals surface area contributed by atoms with Gasteiger partial charge in [-0.15, -0.1) is 13.2 Å². The maximum Gasteiger partial charge on any atom is 0.260 e. The lowest BCUT2D eigenvalue weighted by atomic mass is 10.2. The third-order valence-corrected chi connectivity index (χ3v) is 8.64. The number of aromatic nitrogens is 1. The molecule has 0 saturated heterocycles. The molecule has 0 spiro atoms. The van der Waals surface area contributed by atoms with Gasteiger partial charge in [-0.1, -0.05) is 37.3 Å². The summed E-state index contributed by atoms with van der Waals surface area (Å²) >= 11 is 1.25. The van der Waals surface area contributed by atoms with Crippen molar-refractivity contribution < 1.29 is 17.6 Å². The number of thiazole rings is 1. The van der Waals surface area contributed by atoms with Gasteiger partial charge < -0.3 is 4.90 Å². The Bertz CT molecular complexity index is 1310. The number of carbonyl (C=O) groups excluding carboxylic acids is 1. The summed E-state index contributed by atoms with van der Waals surface area (Å²) in [5, 5.41) is 0.465. The number of fused-ring (bicyclic) bond motifs is 1. The molecule has 0 aliphatic carbocycles. The molecule has 1 amide bonds. The third-order valence-electron chi connectivity index (χ3n) is 5.75. The van der Waals surface area contributed by atoms with Crippen LogP contribution in [0.1, 0.15) is 24.2 Å². The van der Waals surface area contributed by atoms with Crippen molar-refractivity contribution in [3.8, 4) is 0 Å². The normalized spacial score (nSPS) is 11.8. The number of hydrogen-bond donors (Lipinski definition) is 0. The molecule has 10 heteroatoms. The number of halogens is 1. The topological polar surface area (TPSA) is 73.8 Å². The molecule has 1 aromatic heterocycles. The van der Waals surface area contributed by atoms with Crippen LogP contribution in [0.15, 0.2) is 72.7 Å². The first-order chi connectivity index (χ1) is 17.2. The number of carbonyl (C=O) groups is 1. The number of benzene rings is 2. The molecule has 3 aromatic rings. The van der Waals surface area contributed by atoms with Crippen LogP contribution in [-0.2, 0) is 10.0 Å². The van der Waals surface area contributed by atoms with Gasteiger partial charge >= 0.3 is 0 Å². The van der Waals surface area contributed by atoms with Crippen molar-refractivity contribution in [3.63, 3.8) is 0 Å². The van der Waals surface area contributed by atoms with Crippen LogP contribution in [0.4, 0.5) is 9.52 Å². The number of sulfonamides is 1. The van der Waals surface area contributed by atoms with Gasteiger partial charge in [0.2, 0.25) is 10.0 Å². The van der Waals surface area contributed by atoms with Crippen LogP contribution in [0.25, 0.3) is 10.2 Å². The molecule has 0 N–H and O–H groups in total. The van der Waals surface area contributed by atoms with Crippen LogP contribution in [-0.4, -0.2) is 67.8 Å². The minimum Gasteiger partial charge on any atom is -0.302 e. The van der Waals surface area contributed by atoms with Gasteiger partial charge in [0.1, 0.15) is 5.82 Å². The number of likely N-dealkylation sites (N-methyl/N-ethyl adjacent to an activating group) is 1. The molecule has 36 heavy (non-hydrogen) atoms. The Morgan fingerprint density at radius 3 is 2.25 bits per heavy atom. The minimum atomic E-state index is -3.78. The molecular weight excluding hydrogens is 499 g/mol. The first-order valence-electron chi connectivity index (χ1n) is 11.7. The second kappa shape index (κ2) is 12.4. The Hall–Kier alpha value is -2.92. The highest BCUT2D eigenvalue weighted by Crippen LogP contribution is 2.30. The van der Waals surface area contributed by atoms with E-state index in [4.69, 9.17) is 0 Å². The Labute approximate surface area is 216 Å². The van der Waals surface area contributed by atoms with E-state index >= 15 is 0 Å². The smallest absolute Gasteiger partial charge is 0.260 e. The predicted octanol–water partition coefficient (Wildman–Crippen LogP) is 4.79. The Morgan fingerprint density at radius 1 is 1.03 bits per heavy atom. The van der Waals surface area contributed by atoms with Gasteiger partial charge in [-0.3, -0.25) is 9.69 Å². The summed E-state index contributed by atoms with van der Waals surface area (Å²) in [7, 11) is -3.78. The number of anilines is 1. The average molecular weight is 531 g/mol. The number of nitrogens with zero attached hydrogens (tertiary/aromatic N) is 4. The summed E-state index contributed by atoms with van der Waals surface area (Å²) in [5.74, 6) is -0.669. The monoisotopic (exact) mass is 530 g/mol. The SMILES string of the molecule is C=CCN(CC=C)S(=O)(=O)c1ccc(C(=O)N(CCN(CC)CC)c2nc3ccc(F)cc3s2)cc1. The summed E-state index contributed by atoms with van der Waals surface area (Å²) in [6.45, 7) is 14.3. The highest BCUT2D eigenvalue weighted by Gasteiger charge is 2.25. The standard InChI is InChI=1S/C26H31FN4O3S2/c1-5-15-30(16-6-2)36(33,34)22-12-9-20(10-13-22)25(32)31(18-17-29(7-3)8-4)26-28-23-14-11-21(27)19-24(23)35-26/h5-6,9-14,19H,1-2,7-8,15-18H2,3-4H3. The van der Waals surface area contributed by atoms with E-state index < -0.39 is 10.0 Å². The van der Waals surface area contributed by atoms with Crippen molar-refractivity contribution in [2.75, 3.05) is 44.2 Å². The van der Waals surface area contributed by atoms with Crippen molar-refractivity contribution in [2.24, 2.45) is 0 Å². The van der Waals surface area contributed by atoms with Crippen LogP contribution in [0.3, 0.4) is 0 Å². The highest BCUT2D eigenvalue weighted by atomic mass is 32.2. The molecule has 0 bridgehead atoms. The van der Waals surface area contributed by atoms with Crippen molar-refractivity contribution in [2.45, 2.75) is 18.7 Å². The van der Waals surface area contributed by atoms with Gasteiger partial charge in [-0.25, -0.2) is 17.8 Å². The molecule has 0 aliphatic rings. The van der Waals surface area contributed by atoms with E-state index in [1.165, 1.54) is 64.2 Å². The van der Waals surface area contributed by atoms with Crippen LogP contribution in [0.2, 0.25) is 0 Å². The molecule has 0 saturated carbocycles. The van der Waals surface area contributed by atoms with Crippen molar-refractivity contribution >= 4 is 42.6 Å². The second-order valence-electron chi connectivity index (χ2n) is 8.02. The molecule has 0 fully saturated rings. The van der Waals surface area contributed by atoms with Gasteiger partial charge in [-0.05, 0) is 55.6 Å². The fraction of sp³-hybridized carbons (Fsp3) is 0.308. The first-order valence-corrected chi connectivity index (χ1v) is 13.9. The van der Waals surface area contributed by atoms with Gasteiger partial charge in [0.15, 0.2) is 5.13 Å². The number of rotatable bonds is 13. The van der Waals surface area contributed by atoms with Gasteiger partial charge in [0, 0.05) is 31.7 Å². The van der Waals surface area contributed by atoms with Crippen LogP contribution in [0.5, 0.6) is 0 Å². The molecule has 1 heterocycles. The summed E-state index contributed by atoms with van der Waals surface area (Å²) in [6.07, 6.45) is 3.02. The molecule has 3 rings (SSSR count). The van der Waals surface area contributed by atoms with Gasteiger partial charge in [0.25, 0.3) is 5.91 Å². The largest absolute Gasteiger partial charge is 0.302 e. The fourth-order valence-electron chi connectivity index (χ4n) is 3.70. The zero-order valence-electron chi connectivity index (χ0n) is 20.6. The lowest BCUT2D eigenvalue weighted by Crippen LogP contribution is -2.39. The Balaban J connectivity index is 1.93. The summed E-state index contributed by atoms with van der Waals surface area (Å²) in [6, 6.07) is 10.2. The molecule has 0 atom stereocenters. The zero-order chi connectivity index (χ0) is 26.3. The number of hydrogen-bond acceptors (Lipinski definition) is 6. The van der Waals surface area contributed by atoms with Crippen LogP contribution in [0, 0.1) is 5.82 Å². The van der Waals surface area contributed by atoms with Crippen LogP contribution < -0.4 is 4.90 Å². The number of amides is 1. The van der Waals surface area contributed by atoms with E-state index in [1.807, 2.05) is 0 Å². The quantitative estimate of drug-likeness (QED) is 0.297. The van der Waals surface area contributed by atoms with Crippen molar-refractivity contribution in [1.82, 2.24) is 14.2 Å². The van der Waals surface area contributed by atoms with E-state index in [9.17, 15) is 17.6 Å². The van der Waals surface area contributed by atoms with E-state index in [0.29, 0.717) is 34.0 Å². The predicted molar refractivity (Wildman–Crippen MR) is 145 cm³/mol. The average Bonchev–Trinajstić information content (AvgIpc) is 3.29. The molecular formula is C26H31FN4O3S2. The lowest BCUT2D eigenvalue weighted by molar-refractivity contribution is 0.0983.